The summed E-state index contributed by atoms with van der Waals surface area (Å²) in [5.41, 5.74) is 1.94. The fourth-order valence-electron chi connectivity index (χ4n) is 2.48. The molecule has 0 aromatic heterocycles. The molecule has 0 heterocycles. The van der Waals surface area contributed by atoms with Gasteiger partial charge in [-0.1, -0.05) is 42.5 Å². The lowest BCUT2D eigenvalue weighted by Crippen LogP contribution is -2.42. The van der Waals surface area contributed by atoms with Gasteiger partial charge < -0.3 is 9.64 Å². The van der Waals surface area contributed by atoms with E-state index in [4.69, 9.17) is 22.2 Å². The molecule has 5 nitrogen and oxygen atoms in total. The second-order valence-corrected chi connectivity index (χ2v) is 6.33. The van der Waals surface area contributed by atoms with E-state index in [0.717, 1.165) is 16.9 Å². The van der Waals surface area contributed by atoms with Gasteiger partial charge >= 0.3 is 0 Å². The predicted molar refractivity (Wildman–Crippen MR) is 114 cm³/mol. The zero-order chi connectivity index (χ0) is 20.2. The van der Waals surface area contributed by atoms with Crippen LogP contribution in [-0.2, 0) is 11.3 Å². The maximum Gasteiger partial charge on any atom is 0.250 e. The largest absolute Gasteiger partial charge is 0.494 e. The molecule has 6 heteroatoms. The molecule has 0 atom stereocenters. The third-order valence-electron chi connectivity index (χ3n) is 3.85. The van der Waals surface area contributed by atoms with Crippen molar-refractivity contribution >= 4 is 29.3 Å². The van der Waals surface area contributed by atoms with Gasteiger partial charge in [-0.2, -0.15) is 5.26 Å². The monoisotopic (exact) mass is 393 g/mol. The van der Waals surface area contributed by atoms with Crippen LogP contribution >= 0.6 is 12.2 Å². The van der Waals surface area contributed by atoms with Crippen LogP contribution in [0.1, 0.15) is 24.5 Å². The van der Waals surface area contributed by atoms with Crippen LogP contribution in [0.25, 0.3) is 6.08 Å². The average Bonchev–Trinajstić information content (AvgIpc) is 2.71. The smallest absolute Gasteiger partial charge is 0.250 e. The molecule has 0 aliphatic heterocycles. The van der Waals surface area contributed by atoms with Gasteiger partial charge in [0, 0.05) is 19.2 Å². The fraction of sp³-hybridized carbons (Fsp3) is 0.227. The van der Waals surface area contributed by atoms with E-state index in [0.29, 0.717) is 31.2 Å². The quantitative estimate of drug-likeness (QED) is 0.544. The fourth-order valence-corrected chi connectivity index (χ4v) is 2.74. The van der Waals surface area contributed by atoms with Gasteiger partial charge in [-0.15, -0.1) is 0 Å². The van der Waals surface area contributed by atoms with Gasteiger partial charge in [-0.3, -0.25) is 10.1 Å². The predicted octanol–water partition coefficient (Wildman–Crippen LogP) is 3.92. The molecule has 0 fully saturated rings. The first-order valence-corrected chi connectivity index (χ1v) is 9.45. The number of thiocarbonyl (C=S) groups is 1. The first-order valence-electron chi connectivity index (χ1n) is 9.04. The molecule has 2 aromatic carbocycles. The Labute approximate surface area is 171 Å². The van der Waals surface area contributed by atoms with Gasteiger partial charge in [-0.05, 0) is 48.5 Å². The summed E-state index contributed by atoms with van der Waals surface area (Å²) in [5.74, 6) is 0.480. The molecule has 144 valence electrons. The molecule has 0 aliphatic rings. The Morgan fingerprint density at radius 2 is 1.93 bits per heavy atom. The SMILES string of the molecule is CCOc1ccc(/C=C/C(=O)NC(=S)N(CCC#N)Cc2ccccc2)cc1. The van der Waals surface area contributed by atoms with Gasteiger partial charge in [0.25, 0.3) is 0 Å². The standard InChI is InChI=1S/C22H23N3O2S/c1-2-27-20-12-9-18(10-13-20)11-14-21(26)24-22(28)25(16-6-15-23)17-19-7-4-3-5-8-19/h3-5,7-14H,2,6,16-17H2,1H3,(H,24,26,28)/b14-11+. The van der Waals surface area contributed by atoms with E-state index < -0.39 is 0 Å². The molecule has 0 bridgehead atoms. The van der Waals surface area contributed by atoms with Crippen LogP contribution in [-0.4, -0.2) is 29.1 Å². The van der Waals surface area contributed by atoms with Gasteiger partial charge in [0.1, 0.15) is 5.75 Å². The van der Waals surface area contributed by atoms with Crippen molar-refractivity contribution < 1.29 is 9.53 Å². The van der Waals surface area contributed by atoms with Crippen LogP contribution < -0.4 is 10.1 Å². The molecule has 0 unspecified atom stereocenters. The Kier molecular flexibility index (Phi) is 8.70. The first-order chi connectivity index (χ1) is 13.6. The van der Waals surface area contributed by atoms with Crippen molar-refractivity contribution in [3.05, 3.63) is 71.8 Å². The van der Waals surface area contributed by atoms with E-state index in [1.165, 1.54) is 6.08 Å². The maximum atomic E-state index is 12.2. The van der Waals surface area contributed by atoms with Crippen LogP contribution in [0.15, 0.2) is 60.7 Å². The molecular formula is C22H23N3O2S. The molecule has 28 heavy (non-hydrogen) atoms. The number of nitrogens with zero attached hydrogens (tertiary/aromatic N) is 2. The summed E-state index contributed by atoms with van der Waals surface area (Å²) in [6.45, 7) is 3.52. The molecule has 2 rings (SSSR count). The van der Waals surface area contributed by atoms with E-state index in [9.17, 15) is 4.79 Å². The third kappa shape index (κ3) is 7.22. The highest BCUT2D eigenvalue weighted by Crippen LogP contribution is 2.13. The normalized spacial score (nSPS) is 10.3. The Balaban J connectivity index is 1.95. The third-order valence-corrected chi connectivity index (χ3v) is 4.21. The molecule has 0 spiro atoms. The summed E-state index contributed by atoms with van der Waals surface area (Å²) < 4.78 is 5.40. The Morgan fingerprint density at radius 3 is 2.57 bits per heavy atom. The topological polar surface area (TPSA) is 65.4 Å². The highest BCUT2D eigenvalue weighted by Gasteiger charge is 2.12. The molecule has 0 saturated carbocycles. The molecule has 1 N–H and O–H groups in total. The maximum absolute atomic E-state index is 12.2. The summed E-state index contributed by atoms with van der Waals surface area (Å²) in [6, 6.07) is 19.4. The summed E-state index contributed by atoms with van der Waals surface area (Å²) in [7, 11) is 0. The molecule has 0 radical (unpaired) electrons. The molecule has 0 aliphatic carbocycles. The number of carbonyl (C=O) groups excluding carboxylic acids is 1. The van der Waals surface area contributed by atoms with Gasteiger partial charge in [0.2, 0.25) is 5.91 Å². The lowest BCUT2D eigenvalue weighted by molar-refractivity contribution is -0.115. The average molecular weight is 394 g/mol. The van der Waals surface area contributed by atoms with Gasteiger partial charge in [-0.25, -0.2) is 0 Å². The highest BCUT2D eigenvalue weighted by atomic mass is 32.1. The summed E-state index contributed by atoms with van der Waals surface area (Å²) in [5, 5.41) is 11.9. The second-order valence-electron chi connectivity index (χ2n) is 5.95. The highest BCUT2D eigenvalue weighted by molar-refractivity contribution is 7.80. The van der Waals surface area contributed by atoms with Crippen molar-refractivity contribution in [3.8, 4) is 11.8 Å². The zero-order valence-corrected chi connectivity index (χ0v) is 16.6. The number of rotatable bonds is 8. The number of amides is 1. The number of carbonyl (C=O) groups is 1. The number of hydrogen-bond donors (Lipinski definition) is 1. The molecule has 2 aromatic rings. The number of benzene rings is 2. The van der Waals surface area contributed by atoms with Crippen LogP contribution in [0.5, 0.6) is 5.75 Å². The number of hydrogen-bond acceptors (Lipinski definition) is 4. The first kappa shape index (κ1) is 21.1. The number of nitrogens with one attached hydrogen (secondary N) is 1. The minimum absolute atomic E-state index is 0.306. The van der Waals surface area contributed by atoms with Crippen molar-refractivity contribution in [1.82, 2.24) is 10.2 Å². The van der Waals surface area contributed by atoms with Gasteiger partial charge in [0.15, 0.2) is 5.11 Å². The lowest BCUT2D eigenvalue weighted by Gasteiger charge is -2.24. The Morgan fingerprint density at radius 1 is 1.21 bits per heavy atom. The van der Waals surface area contributed by atoms with Crippen LogP contribution in [0.2, 0.25) is 0 Å². The van der Waals surface area contributed by atoms with Crippen molar-refractivity contribution in [2.45, 2.75) is 19.9 Å². The minimum atomic E-state index is -0.311. The number of ether oxygens (including phenoxy) is 1. The summed E-state index contributed by atoms with van der Waals surface area (Å²) in [6.07, 6.45) is 3.47. The Hall–Kier alpha value is -3.17. The summed E-state index contributed by atoms with van der Waals surface area (Å²) in [4.78, 5) is 14.0. The molecular weight excluding hydrogens is 370 g/mol. The van der Waals surface area contributed by atoms with E-state index >= 15 is 0 Å². The summed E-state index contributed by atoms with van der Waals surface area (Å²) >= 11 is 5.38. The lowest BCUT2D eigenvalue weighted by atomic mass is 10.2. The van der Waals surface area contributed by atoms with E-state index in [1.807, 2.05) is 66.4 Å². The Bertz CT molecular complexity index is 842. The van der Waals surface area contributed by atoms with Crippen molar-refractivity contribution in [1.29, 1.82) is 5.26 Å². The zero-order valence-electron chi connectivity index (χ0n) is 15.8. The van der Waals surface area contributed by atoms with Crippen molar-refractivity contribution in [3.63, 3.8) is 0 Å². The van der Waals surface area contributed by atoms with Gasteiger partial charge in [0.05, 0.1) is 19.1 Å². The molecule has 0 saturated heterocycles. The van der Waals surface area contributed by atoms with Crippen molar-refractivity contribution in [2.75, 3.05) is 13.2 Å². The van der Waals surface area contributed by atoms with E-state index in [-0.39, 0.29) is 5.91 Å². The van der Waals surface area contributed by atoms with E-state index in [2.05, 4.69) is 11.4 Å². The second kappa shape index (κ2) is 11.5. The van der Waals surface area contributed by atoms with Crippen LogP contribution in [0.3, 0.4) is 0 Å². The van der Waals surface area contributed by atoms with Crippen molar-refractivity contribution in [2.24, 2.45) is 0 Å². The van der Waals surface area contributed by atoms with Crippen LogP contribution in [0.4, 0.5) is 0 Å². The molecule has 1 amide bonds. The van der Waals surface area contributed by atoms with E-state index in [1.54, 1.807) is 6.08 Å². The van der Waals surface area contributed by atoms with Crippen LogP contribution in [0, 0.1) is 11.3 Å². The number of nitriles is 1. The minimum Gasteiger partial charge on any atom is -0.494 e.